The van der Waals surface area contributed by atoms with Crippen molar-refractivity contribution in [1.82, 2.24) is 9.78 Å². The number of halogens is 1. The number of anilines is 1. The van der Waals surface area contributed by atoms with Crippen LogP contribution in [-0.2, 0) is 19.5 Å². The van der Waals surface area contributed by atoms with E-state index in [0.29, 0.717) is 0 Å². The Morgan fingerprint density at radius 1 is 1.21 bits per heavy atom. The van der Waals surface area contributed by atoms with Crippen LogP contribution in [0.5, 0.6) is 0 Å². The molecule has 4 heteroatoms. The smallest absolute Gasteiger partial charge is 0.0625 e. The molecule has 0 aliphatic heterocycles. The maximum atomic E-state index is 4.56. The molecule has 19 heavy (non-hydrogen) atoms. The second kappa shape index (κ2) is 6.24. The average Bonchev–Trinajstić information content (AvgIpc) is 2.77. The molecule has 1 heterocycles. The van der Waals surface area contributed by atoms with E-state index in [-0.39, 0.29) is 0 Å². The van der Waals surface area contributed by atoms with E-state index in [1.807, 2.05) is 0 Å². The summed E-state index contributed by atoms with van der Waals surface area (Å²) >= 11 is 3.53. The van der Waals surface area contributed by atoms with Crippen molar-refractivity contribution in [3.8, 4) is 0 Å². The minimum absolute atomic E-state index is 0.802. The third kappa shape index (κ3) is 3.60. The normalized spacial score (nSPS) is 10.7. The zero-order valence-electron chi connectivity index (χ0n) is 11.7. The third-order valence-corrected chi connectivity index (χ3v) is 3.55. The molecule has 1 aromatic heterocycles. The second-order valence-corrected chi connectivity index (χ2v) is 5.58. The van der Waals surface area contributed by atoms with Crippen molar-refractivity contribution >= 4 is 21.6 Å². The predicted octanol–water partition coefficient (Wildman–Crippen LogP) is 4.15. The molecule has 0 radical (unpaired) electrons. The van der Waals surface area contributed by atoms with Crippen molar-refractivity contribution in [3.63, 3.8) is 0 Å². The Hall–Kier alpha value is -1.29. The van der Waals surface area contributed by atoms with E-state index in [9.17, 15) is 0 Å². The molecule has 0 spiro atoms. The molecule has 2 rings (SSSR count). The van der Waals surface area contributed by atoms with Gasteiger partial charge in [0.2, 0.25) is 0 Å². The average molecular weight is 322 g/mol. The molecule has 0 saturated carbocycles. The first-order valence-corrected chi connectivity index (χ1v) is 7.48. The molecule has 0 bridgehead atoms. The highest BCUT2D eigenvalue weighted by Gasteiger charge is 2.05. The van der Waals surface area contributed by atoms with Gasteiger partial charge < -0.3 is 5.32 Å². The highest BCUT2D eigenvalue weighted by atomic mass is 79.9. The standard InChI is InChI=1S/C15H20BrN3/c1-4-13-9-15(19(5-2)18-13)10-17-14-7-11(3)6-12(16)8-14/h6-9,17H,4-5,10H2,1-3H3. The molecule has 1 aromatic carbocycles. The fourth-order valence-electron chi connectivity index (χ4n) is 2.13. The van der Waals surface area contributed by atoms with Crippen molar-refractivity contribution in [1.29, 1.82) is 0 Å². The number of hydrogen-bond acceptors (Lipinski definition) is 2. The fraction of sp³-hybridized carbons (Fsp3) is 0.400. The summed E-state index contributed by atoms with van der Waals surface area (Å²) in [5, 5.41) is 8.03. The maximum absolute atomic E-state index is 4.56. The van der Waals surface area contributed by atoms with Gasteiger partial charge in [0.25, 0.3) is 0 Å². The van der Waals surface area contributed by atoms with E-state index in [1.165, 1.54) is 11.3 Å². The quantitative estimate of drug-likeness (QED) is 0.896. The van der Waals surface area contributed by atoms with Crippen LogP contribution in [0.15, 0.2) is 28.7 Å². The molecular formula is C15H20BrN3. The largest absolute Gasteiger partial charge is 0.379 e. The van der Waals surface area contributed by atoms with E-state index in [4.69, 9.17) is 0 Å². The van der Waals surface area contributed by atoms with Gasteiger partial charge in [-0.3, -0.25) is 4.68 Å². The number of aryl methyl sites for hydroxylation is 3. The number of nitrogens with one attached hydrogen (secondary N) is 1. The van der Waals surface area contributed by atoms with Gasteiger partial charge in [0, 0.05) is 16.7 Å². The molecule has 0 fully saturated rings. The van der Waals surface area contributed by atoms with Crippen LogP contribution in [0.2, 0.25) is 0 Å². The first-order valence-electron chi connectivity index (χ1n) is 6.69. The molecular weight excluding hydrogens is 302 g/mol. The van der Waals surface area contributed by atoms with Crippen LogP contribution >= 0.6 is 15.9 Å². The summed E-state index contributed by atoms with van der Waals surface area (Å²) < 4.78 is 3.17. The Kier molecular flexibility index (Phi) is 4.64. The van der Waals surface area contributed by atoms with Crippen molar-refractivity contribution in [3.05, 3.63) is 45.7 Å². The van der Waals surface area contributed by atoms with Gasteiger partial charge in [-0.2, -0.15) is 5.10 Å². The van der Waals surface area contributed by atoms with Gasteiger partial charge in [-0.1, -0.05) is 22.9 Å². The van der Waals surface area contributed by atoms with Gasteiger partial charge in [-0.05, 0) is 50.1 Å². The highest BCUT2D eigenvalue weighted by molar-refractivity contribution is 9.10. The van der Waals surface area contributed by atoms with E-state index >= 15 is 0 Å². The number of aromatic nitrogens is 2. The molecule has 0 aliphatic carbocycles. The van der Waals surface area contributed by atoms with Crippen LogP contribution in [0.25, 0.3) is 0 Å². The molecule has 0 aliphatic rings. The number of rotatable bonds is 5. The Labute approximate surface area is 123 Å². The van der Waals surface area contributed by atoms with Crippen molar-refractivity contribution < 1.29 is 0 Å². The number of benzene rings is 1. The van der Waals surface area contributed by atoms with Crippen LogP contribution in [0.1, 0.15) is 30.8 Å². The molecule has 1 N–H and O–H groups in total. The maximum Gasteiger partial charge on any atom is 0.0625 e. The SMILES string of the molecule is CCc1cc(CNc2cc(C)cc(Br)c2)n(CC)n1. The Bertz CT molecular complexity index is 540. The summed E-state index contributed by atoms with van der Waals surface area (Å²) in [6, 6.07) is 8.54. The van der Waals surface area contributed by atoms with Gasteiger partial charge in [0.05, 0.1) is 17.9 Å². The van der Waals surface area contributed by atoms with Gasteiger partial charge >= 0.3 is 0 Å². The van der Waals surface area contributed by atoms with E-state index in [1.54, 1.807) is 0 Å². The summed E-state index contributed by atoms with van der Waals surface area (Å²) in [6.45, 7) is 8.07. The van der Waals surface area contributed by atoms with Crippen LogP contribution in [-0.4, -0.2) is 9.78 Å². The van der Waals surface area contributed by atoms with E-state index in [2.05, 4.69) is 76.1 Å². The molecule has 3 nitrogen and oxygen atoms in total. The van der Waals surface area contributed by atoms with Crippen LogP contribution in [0.4, 0.5) is 5.69 Å². The molecule has 2 aromatic rings. The molecule has 0 atom stereocenters. The van der Waals surface area contributed by atoms with Gasteiger partial charge in [-0.15, -0.1) is 0 Å². The lowest BCUT2D eigenvalue weighted by Gasteiger charge is -2.09. The molecule has 102 valence electrons. The monoisotopic (exact) mass is 321 g/mol. The fourth-order valence-corrected chi connectivity index (χ4v) is 2.74. The summed E-state index contributed by atoms with van der Waals surface area (Å²) in [5.74, 6) is 0. The zero-order valence-corrected chi connectivity index (χ0v) is 13.3. The lowest BCUT2D eigenvalue weighted by atomic mass is 10.2. The summed E-state index contributed by atoms with van der Waals surface area (Å²) in [4.78, 5) is 0. The molecule has 0 saturated heterocycles. The number of hydrogen-bond donors (Lipinski definition) is 1. The summed E-state index contributed by atoms with van der Waals surface area (Å²) in [6.07, 6.45) is 0.982. The summed E-state index contributed by atoms with van der Waals surface area (Å²) in [7, 11) is 0. The third-order valence-electron chi connectivity index (χ3n) is 3.09. The van der Waals surface area contributed by atoms with Gasteiger partial charge in [-0.25, -0.2) is 0 Å². The number of nitrogens with zero attached hydrogens (tertiary/aromatic N) is 2. The van der Waals surface area contributed by atoms with Crippen molar-refractivity contribution in [2.45, 2.75) is 40.3 Å². The Morgan fingerprint density at radius 3 is 2.63 bits per heavy atom. The van der Waals surface area contributed by atoms with Crippen LogP contribution in [0.3, 0.4) is 0 Å². The summed E-state index contributed by atoms with van der Waals surface area (Å²) in [5.41, 5.74) is 4.77. The first kappa shape index (κ1) is 14.1. The lowest BCUT2D eigenvalue weighted by Crippen LogP contribution is -2.08. The van der Waals surface area contributed by atoms with Crippen LogP contribution in [0, 0.1) is 6.92 Å². The molecule has 0 amide bonds. The highest BCUT2D eigenvalue weighted by Crippen LogP contribution is 2.19. The Balaban J connectivity index is 2.11. The van der Waals surface area contributed by atoms with E-state index < -0.39 is 0 Å². The topological polar surface area (TPSA) is 29.9 Å². The first-order chi connectivity index (χ1) is 9.12. The van der Waals surface area contributed by atoms with Crippen LogP contribution < -0.4 is 5.32 Å². The van der Waals surface area contributed by atoms with E-state index in [0.717, 1.165) is 35.4 Å². The predicted molar refractivity (Wildman–Crippen MR) is 83.5 cm³/mol. The lowest BCUT2D eigenvalue weighted by molar-refractivity contribution is 0.619. The second-order valence-electron chi connectivity index (χ2n) is 4.67. The minimum atomic E-state index is 0.802. The molecule has 0 unspecified atom stereocenters. The Morgan fingerprint density at radius 2 is 2.00 bits per heavy atom. The minimum Gasteiger partial charge on any atom is -0.379 e. The van der Waals surface area contributed by atoms with Gasteiger partial charge in [0.15, 0.2) is 0 Å². The van der Waals surface area contributed by atoms with Gasteiger partial charge in [0.1, 0.15) is 0 Å². The zero-order chi connectivity index (χ0) is 13.8. The van der Waals surface area contributed by atoms with Crippen molar-refractivity contribution in [2.75, 3.05) is 5.32 Å². The van der Waals surface area contributed by atoms with Crippen molar-refractivity contribution in [2.24, 2.45) is 0 Å².